The monoisotopic (exact) mass is 378 g/mol. The summed E-state index contributed by atoms with van der Waals surface area (Å²) in [5.41, 5.74) is 5.25. The summed E-state index contributed by atoms with van der Waals surface area (Å²) in [4.78, 5) is 27.6. The van der Waals surface area contributed by atoms with Crippen LogP contribution in [0.5, 0.6) is 0 Å². The predicted molar refractivity (Wildman–Crippen MR) is 115 cm³/mol. The Labute approximate surface area is 167 Å². The summed E-state index contributed by atoms with van der Waals surface area (Å²) < 4.78 is 0. The molecular weight excluding hydrogens is 348 g/mol. The molecular formula is C24H30N2O2. The van der Waals surface area contributed by atoms with Gasteiger partial charge in [0.05, 0.1) is 11.8 Å². The Hall–Kier alpha value is -2.62. The minimum atomic E-state index is -0.235. The van der Waals surface area contributed by atoms with E-state index < -0.39 is 0 Å². The lowest BCUT2D eigenvalue weighted by atomic mass is 10.0. The number of hydrogen-bond donors (Lipinski definition) is 1. The van der Waals surface area contributed by atoms with E-state index in [0.29, 0.717) is 13.0 Å². The first-order valence-electron chi connectivity index (χ1n) is 10.3. The van der Waals surface area contributed by atoms with Crippen LogP contribution >= 0.6 is 0 Å². The maximum absolute atomic E-state index is 13.0. The summed E-state index contributed by atoms with van der Waals surface area (Å²) in [7, 11) is 0. The second-order valence-electron chi connectivity index (χ2n) is 7.52. The quantitative estimate of drug-likeness (QED) is 0.756. The zero-order chi connectivity index (χ0) is 20.3. The Morgan fingerprint density at radius 3 is 2.21 bits per heavy atom. The molecule has 0 aromatic heterocycles. The molecule has 0 spiro atoms. The Morgan fingerprint density at radius 2 is 1.64 bits per heavy atom. The third-order valence-corrected chi connectivity index (χ3v) is 5.59. The highest BCUT2D eigenvalue weighted by Crippen LogP contribution is 2.42. The number of aryl methyl sites for hydroxylation is 3. The van der Waals surface area contributed by atoms with Crippen molar-refractivity contribution in [1.29, 1.82) is 0 Å². The van der Waals surface area contributed by atoms with E-state index in [9.17, 15) is 9.59 Å². The molecule has 4 heteroatoms. The molecule has 4 nitrogen and oxygen atoms in total. The summed E-state index contributed by atoms with van der Waals surface area (Å²) >= 11 is 0. The smallest absolute Gasteiger partial charge is 0.230 e. The molecule has 0 heterocycles. The van der Waals surface area contributed by atoms with Crippen molar-refractivity contribution in [3.05, 3.63) is 59.2 Å². The summed E-state index contributed by atoms with van der Waals surface area (Å²) in [5.74, 6) is -0.442. The molecule has 2 aromatic rings. The number of rotatable bonds is 7. The van der Waals surface area contributed by atoms with Gasteiger partial charge in [-0.25, -0.2) is 0 Å². The van der Waals surface area contributed by atoms with Gasteiger partial charge in [0.2, 0.25) is 11.8 Å². The Bertz CT molecular complexity index is 852. The van der Waals surface area contributed by atoms with Crippen LogP contribution < -0.4 is 10.2 Å². The fourth-order valence-corrected chi connectivity index (χ4v) is 3.84. The van der Waals surface area contributed by atoms with Crippen molar-refractivity contribution < 1.29 is 9.59 Å². The highest BCUT2D eigenvalue weighted by atomic mass is 16.2. The largest absolute Gasteiger partial charge is 0.325 e. The highest BCUT2D eigenvalue weighted by Gasteiger charge is 2.49. The lowest BCUT2D eigenvalue weighted by Gasteiger charge is -2.22. The normalized spacial score (nSPS) is 17.9. The number of hydrogen-bond acceptors (Lipinski definition) is 2. The van der Waals surface area contributed by atoms with Crippen LogP contribution in [-0.4, -0.2) is 18.4 Å². The SMILES string of the molecule is CCc1cccc(CC)c1NC(=O)C1CC1C(=O)N(CC)c1cccc(C)c1. The van der Waals surface area contributed by atoms with Gasteiger partial charge in [-0.15, -0.1) is 0 Å². The molecule has 0 radical (unpaired) electrons. The number of amides is 2. The predicted octanol–water partition coefficient (Wildman–Crippen LogP) is 4.75. The molecule has 2 unspecified atom stereocenters. The number of carbonyl (C=O) groups excluding carboxylic acids is 2. The third-order valence-electron chi connectivity index (χ3n) is 5.59. The topological polar surface area (TPSA) is 49.4 Å². The van der Waals surface area contributed by atoms with Crippen molar-refractivity contribution in [2.24, 2.45) is 11.8 Å². The van der Waals surface area contributed by atoms with Crippen LogP contribution in [0, 0.1) is 18.8 Å². The van der Waals surface area contributed by atoms with Gasteiger partial charge in [0.25, 0.3) is 0 Å². The van der Waals surface area contributed by atoms with E-state index >= 15 is 0 Å². The van der Waals surface area contributed by atoms with Crippen LogP contribution in [-0.2, 0) is 22.4 Å². The van der Waals surface area contributed by atoms with E-state index in [1.54, 1.807) is 4.90 Å². The molecule has 0 bridgehead atoms. The number of anilines is 2. The lowest BCUT2D eigenvalue weighted by Crippen LogP contribution is -2.33. The molecule has 1 N–H and O–H groups in total. The number of benzene rings is 2. The number of carbonyl (C=O) groups is 2. The van der Waals surface area contributed by atoms with Crippen LogP contribution in [0.2, 0.25) is 0 Å². The average molecular weight is 379 g/mol. The summed E-state index contributed by atoms with van der Waals surface area (Å²) in [6.45, 7) is 8.78. The zero-order valence-electron chi connectivity index (χ0n) is 17.3. The molecule has 0 saturated heterocycles. The Morgan fingerprint density at radius 1 is 1.00 bits per heavy atom. The van der Waals surface area contributed by atoms with Gasteiger partial charge >= 0.3 is 0 Å². The second kappa shape index (κ2) is 8.59. The average Bonchev–Trinajstić information content (AvgIpc) is 3.49. The van der Waals surface area contributed by atoms with Crippen molar-refractivity contribution >= 4 is 23.2 Å². The van der Waals surface area contributed by atoms with Gasteiger partial charge in [-0.05, 0) is 61.9 Å². The lowest BCUT2D eigenvalue weighted by molar-refractivity contribution is -0.123. The van der Waals surface area contributed by atoms with E-state index in [4.69, 9.17) is 0 Å². The molecule has 148 valence electrons. The molecule has 1 aliphatic carbocycles. The van der Waals surface area contributed by atoms with Crippen LogP contribution in [0.25, 0.3) is 0 Å². The molecule has 1 fully saturated rings. The van der Waals surface area contributed by atoms with Gasteiger partial charge < -0.3 is 10.2 Å². The fourth-order valence-electron chi connectivity index (χ4n) is 3.84. The molecule has 3 rings (SSSR count). The molecule has 1 aliphatic rings. The zero-order valence-corrected chi connectivity index (χ0v) is 17.3. The van der Waals surface area contributed by atoms with Crippen molar-refractivity contribution in [2.45, 2.75) is 47.0 Å². The third kappa shape index (κ3) is 4.11. The van der Waals surface area contributed by atoms with E-state index in [1.807, 2.05) is 44.2 Å². The first-order chi connectivity index (χ1) is 13.5. The van der Waals surface area contributed by atoms with Gasteiger partial charge in [0.1, 0.15) is 0 Å². The summed E-state index contributed by atoms with van der Waals surface area (Å²) in [6, 6.07) is 14.1. The van der Waals surface area contributed by atoms with Crippen LogP contribution in [0.15, 0.2) is 42.5 Å². The van der Waals surface area contributed by atoms with Crippen LogP contribution in [0.3, 0.4) is 0 Å². The number of nitrogens with one attached hydrogen (secondary N) is 1. The Kier molecular flexibility index (Phi) is 6.18. The summed E-state index contributed by atoms with van der Waals surface area (Å²) in [6.07, 6.45) is 2.36. The number of para-hydroxylation sites is 1. The minimum absolute atomic E-state index is 0.0331. The van der Waals surface area contributed by atoms with E-state index in [-0.39, 0.29) is 23.7 Å². The van der Waals surface area contributed by atoms with Gasteiger partial charge in [-0.1, -0.05) is 44.2 Å². The molecule has 2 atom stereocenters. The molecule has 2 amide bonds. The molecule has 1 saturated carbocycles. The minimum Gasteiger partial charge on any atom is -0.325 e. The van der Waals surface area contributed by atoms with E-state index in [2.05, 4.69) is 31.3 Å². The van der Waals surface area contributed by atoms with Crippen molar-refractivity contribution in [3.8, 4) is 0 Å². The second-order valence-corrected chi connectivity index (χ2v) is 7.52. The summed E-state index contributed by atoms with van der Waals surface area (Å²) in [5, 5.41) is 3.12. The first kappa shape index (κ1) is 20.1. The van der Waals surface area contributed by atoms with E-state index in [0.717, 1.165) is 40.9 Å². The van der Waals surface area contributed by atoms with Crippen LogP contribution in [0.4, 0.5) is 11.4 Å². The maximum atomic E-state index is 13.0. The molecule has 2 aromatic carbocycles. The van der Waals surface area contributed by atoms with Gasteiger partial charge in [-0.3, -0.25) is 9.59 Å². The molecule has 0 aliphatic heterocycles. The van der Waals surface area contributed by atoms with Crippen molar-refractivity contribution in [1.82, 2.24) is 0 Å². The standard InChI is InChI=1S/C24H30N2O2/c1-5-17-11-9-12-18(6-2)22(17)25-23(27)20-15-21(20)24(28)26(7-3)19-13-8-10-16(4)14-19/h8-14,20-21H,5-7,15H2,1-4H3,(H,25,27). The first-order valence-corrected chi connectivity index (χ1v) is 10.3. The van der Waals surface area contributed by atoms with Crippen molar-refractivity contribution in [2.75, 3.05) is 16.8 Å². The molecule has 28 heavy (non-hydrogen) atoms. The van der Waals surface area contributed by atoms with Crippen molar-refractivity contribution in [3.63, 3.8) is 0 Å². The fraction of sp³-hybridized carbons (Fsp3) is 0.417. The van der Waals surface area contributed by atoms with E-state index in [1.165, 1.54) is 0 Å². The highest BCUT2D eigenvalue weighted by molar-refractivity contribution is 6.04. The van der Waals surface area contributed by atoms with Gasteiger partial charge in [0.15, 0.2) is 0 Å². The van der Waals surface area contributed by atoms with Gasteiger partial charge in [-0.2, -0.15) is 0 Å². The maximum Gasteiger partial charge on any atom is 0.230 e. The number of nitrogens with zero attached hydrogens (tertiary/aromatic N) is 1. The Balaban J connectivity index is 1.71. The van der Waals surface area contributed by atoms with Crippen LogP contribution in [0.1, 0.15) is 43.9 Å². The van der Waals surface area contributed by atoms with Gasteiger partial charge in [0, 0.05) is 17.9 Å².